The van der Waals surface area contributed by atoms with Crippen LogP contribution in [0.3, 0.4) is 0 Å². The van der Waals surface area contributed by atoms with E-state index in [4.69, 9.17) is 22.0 Å². The van der Waals surface area contributed by atoms with Gasteiger partial charge in [0.1, 0.15) is 0 Å². The summed E-state index contributed by atoms with van der Waals surface area (Å²) in [7, 11) is 0. The second-order valence-electron chi connectivity index (χ2n) is 2.85. The molecule has 1 heterocycles. The number of nitriles is 2. The van der Waals surface area contributed by atoms with Crippen LogP contribution in [0.2, 0.25) is 0 Å². The number of rotatable bonds is 1. The maximum Gasteiger partial charge on any atom is 0.236 e. The van der Waals surface area contributed by atoms with Crippen molar-refractivity contribution in [2.45, 2.75) is 13.8 Å². The van der Waals surface area contributed by atoms with Crippen molar-refractivity contribution in [3.8, 4) is 12.4 Å². The van der Waals surface area contributed by atoms with E-state index in [1.807, 2.05) is 19.9 Å². The highest BCUT2D eigenvalue weighted by molar-refractivity contribution is 5.76. The van der Waals surface area contributed by atoms with Gasteiger partial charge >= 0.3 is 0 Å². The lowest BCUT2D eigenvalue weighted by Gasteiger charge is -1.98. The van der Waals surface area contributed by atoms with E-state index in [9.17, 15) is 0 Å². The van der Waals surface area contributed by atoms with Gasteiger partial charge in [0.25, 0.3) is 0 Å². The van der Waals surface area contributed by atoms with Gasteiger partial charge < -0.3 is 11.5 Å². The Morgan fingerprint density at radius 1 is 1.29 bits per heavy atom. The zero-order valence-corrected chi connectivity index (χ0v) is 9.47. The van der Waals surface area contributed by atoms with E-state index >= 15 is 0 Å². The van der Waals surface area contributed by atoms with Crippen LogP contribution in [-0.2, 0) is 0 Å². The van der Waals surface area contributed by atoms with E-state index in [2.05, 4.69) is 20.3 Å². The first-order valence-electron chi connectivity index (χ1n) is 4.44. The summed E-state index contributed by atoms with van der Waals surface area (Å²) in [4.78, 5) is 10.9. The van der Waals surface area contributed by atoms with Gasteiger partial charge in [0.05, 0.1) is 0 Å². The Bertz CT molecular complexity index is 454. The van der Waals surface area contributed by atoms with E-state index in [-0.39, 0.29) is 5.96 Å². The molecule has 1 rings (SSSR count). The number of hydrogen-bond acceptors (Lipinski definition) is 6. The Morgan fingerprint density at radius 3 is 2.12 bits per heavy atom. The third kappa shape index (κ3) is 7.11. The van der Waals surface area contributed by atoms with Crippen LogP contribution in [0.4, 0.5) is 5.95 Å². The molecular formula is C9H12N8. The number of nitrogens with zero attached hydrogens (tertiary/aromatic N) is 5. The SMILES string of the molecule is Cc1cc(C)nc(NC#N)n1.N#CN=C(N)N. The van der Waals surface area contributed by atoms with Crippen LogP contribution in [0, 0.1) is 36.8 Å². The predicted octanol–water partition coefficient (Wildman–Crippen LogP) is -0.273. The normalized spacial score (nSPS) is 7.76. The number of anilines is 1. The summed E-state index contributed by atoms with van der Waals surface area (Å²) in [6, 6.07) is 1.85. The van der Waals surface area contributed by atoms with Crippen LogP contribution in [0.1, 0.15) is 11.4 Å². The van der Waals surface area contributed by atoms with Crippen molar-refractivity contribution >= 4 is 11.9 Å². The van der Waals surface area contributed by atoms with Gasteiger partial charge in [-0.1, -0.05) is 0 Å². The van der Waals surface area contributed by atoms with Crippen molar-refractivity contribution in [2.75, 3.05) is 5.32 Å². The summed E-state index contributed by atoms with van der Waals surface area (Å²) < 4.78 is 0. The Morgan fingerprint density at radius 2 is 1.82 bits per heavy atom. The molecule has 8 heteroatoms. The van der Waals surface area contributed by atoms with Crippen molar-refractivity contribution < 1.29 is 0 Å². The molecule has 0 aliphatic heterocycles. The molecule has 0 radical (unpaired) electrons. The molecule has 17 heavy (non-hydrogen) atoms. The van der Waals surface area contributed by atoms with Crippen molar-refractivity contribution in [3.63, 3.8) is 0 Å². The molecule has 8 nitrogen and oxygen atoms in total. The van der Waals surface area contributed by atoms with Gasteiger partial charge in [0.15, 0.2) is 6.19 Å². The largest absolute Gasteiger partial charge is 0.369 e. The molecule has 1 aromatic heterocycles. The van der Waals surface area contributed by atoms with E-state index in [0.29, 0.717) is 5.95 Å². The van der Waals surface area contributed by atoms with Crippen molar-refractivity contribution in [1.29, 1.82) is 10.5 Å². The van der Waals surface area contributed by atoms with Gasteiger partial charge in [0.2, 0.25) is 18.1 Å². The highest BCUT2D eigenvalue weighted by Crippen LogP contribution is 2.01. The summed E-state index contributed by atoms with van der Waals surface area (Å²) in [5, 5.41) is 18.3. The summed E-state index contributed by atoms with van der Waals surface area (Å²) in [6.45, 7) is 3.72. The van der Waals surface area contributed by atoms with Gasteiger partial charge in [-0.3, -0.25) is 5.32 Å². The molecule has 88 valence electrons. The lowest BCUT2D eigenvalue weighted by atomic mass is 10.4. The summed E-state index contributed by atoms with van der Waals surface area (Å²) in [5.41, 5.74) is 11.1. The topological polar surface area (TPSA) is 150 Å². The van der Waals surface area contributed by atoms with Crippen LogP contribution in [0.5, 0.6) is 0 Å². The Kier molecular flexibility index (Phi) is 6.17. The van der Waals surface area contributed by atoms with E-state index in [0.717, 1.165) is 11.4 Å². The summed E-state index contributed by atoms with van der Waals surface area (Å²) >= 11 is 0. The minimum Gasteiger partial charge on any atom is -0.369 e. The van der Waals surface area contributed by atoms with Gasteiger partial charge in [-0.15, -0.1) is 4.99 Å². The highest BCUT2D eigenvalue weighted by atomic mass is 15.1. The van der Waals surface area contributed by atoms with Crippen molar-refractivity contribution in [3.05, 3.63) is 17.5 Å². The van der Waals surface area contributed by atoms with Crippen LogP contribution in [-0.4, -0.2) is 15.9 Å². The Balaban J connectivity index is 0.000000366. The predicted molar refractivity (Wildman–Crippen MR) is 62.2 cm³/mol. The molecule has 0 saturated heterocycles. The van der Waals surface area contributed by atoms with Crippen LogP contribution in [0.25, 0.3) is 0 Å². The molecule has 0 saturated carbocycles. The van der Waals surface area contributed by atoms with Crippen LogP contribution in [0.15, 0.2) is 11.1 Å². The first kappa shape index (κ1) is 14.1. The maximum absolute atomic E-state index is 8.26. The van der Waals surface area contributed by atoms with Gasteiger partial charge in [-0.05, 0) is 19.9 Å². The monoisotopic (exact) mass is 232 g/mol. The third-order valence-electron chi connectivity index (χ3n) is 1.33. The number of nitrogens with one attached hydrogen (secondary N) is 1. The Hall–Kier alpha value is -2.87. The molecule has 0 unspecified atom stereocenters. The number of hydrogen-bond donors (Lipinski definition) is 3. The lowest BCUT2D eigenvalue weighted by Crippen LogP contribution is -2.21. The van der Waals surface area contributed by atoms with E-state index in [1.54, 1.807) is 6.19 Å². The van der Waals surface area contributed by atoms with Gasteiger partial charge in [0, 0.05) is 11.4 Å². The molecule has 0 bridgehead atoms. The minimum absolute atomic E-state index is 0.197. The van der Waals surface area contributed by atoms with E-state index < -0.39 is 0 Å². The van der Waals surface area contributed by atoms with E-state index in [1.165, 1.54) is 6.19 Å². The second kappa shape index (κ2) is 7.43. The quantitative estimate of drug-likeness (QED) is 0.261. The average molecular weight is 232 g/mol. The fourth-order valence-electron chi connectivity index (χ4n) is 0.890. The summed E-state index contributed by atoms with van der Waals surface area (Å²) in [6.07, 6.45) is 3.17. The number of aromatic nitrogens is 2. The molecule has 0 spiro atoms. The maximum atomic E-state index is 8.26. The lowest BCUT2D eigenvalue weighted by molar-refractivity contribution is 1.06. The fraction of sp³-hybridized carbons (Fsp3) is 0.222. The highest BCUT2D eigenvalue weighted by Gasteiger charge is 1.95. The van der Waals surface area contributed by atoms with Gasteiger partial charge in [-0.2, -0.15) is 10.5 Å². The molecule has 5 N–H and O–H groups in total. The summed E-state index contributed by atoms with van der Waals surface area (Å²) in [5.74, 6) is 0.169. The van der Waals surface area contributed by atoms with Crippen LogP contribution >= 0.6 is 0 Å². The zero-order valence-electron chi connectivity index (χ0n) is 9.47. The van der Waals surface area contributed by atoms with Crippen molar-refractivity contribution in [2.24, 2.45) is 16.5 Å². The number of aryl methyl sites for hydroxylation is 2. The second-order valence-corrected chi connectivity index (χ2v) is 2.85. The zero-order chi connectivity index (χ0) is 13.3. The molecule has 0 amide bonds. The molecule has 0 aromatic carbocycles. The van der Waals surface area contributed by atoms with Crippen molar-refractivity contribution in [1.82, 2.24) is 9.97 Å². The number of aliphatic imine (C=N–C) groups is 1. The molecule has 1 aromatic rings. The molecule has 0 aliphatic rings. The molecular weight excluding hydrogens is 220 g/mol. The molecule has 0 aliphatic carbocycles. The number of guanidine groups is 1. The fourth-order valence-corrected chi connectivity index (χ4v) is 0.890. The number of nitrogens with two attached hydrogens (primary N) is 2. The molecule has 0 fully saturated rings. The first-order valence-corrected chi connectivity index (χ1v) is 4.44. The Labute approximate surface area is 98.6 Å². The van der Waals surface area contributed by atoms with Gasteiger partial charge in [-0.25, -0.2) is 9.97 Å². The standard InChI is InChI=1S/C7H8N4.C2H4N4/c1-5-3-6(2)11-7(10-5)9-4-8;3-1-6-2(4)5/h3H,1-2H3,(H,9,10,11);(H4,4,5,6). The molecule has 0 atom stereocenters. The minimum atomic E-state index is -0.197. The average Bonchev–Trinajstić information content (AvgIpc) is 2.16. The third-order valence-corrected chi connectivity index (χ3v) is 1.33. The smallest absolute Gasteiger partial charge is 0.236 e. The first-order chi connectivity index (χ1) is 7.99. The van der Waals surface area contributed by atoms with Crippen LogP contribution < -0.4 is 16.8 Å².